The van der Waals surface area contributed by atoms with E-state index in [4.69, 9.17) is 28.9 Å². The molecule has 0 aromatic heterocycles. The Balaban J connectivity index is 1.42. The van der Waals surface area contributed by atoms with Crippen molar-refractivity contribution in [2.75, 3.05) is 33.0 Å². The van der Waals surface area contributed by atoms with Gasteiger partial charge in [-0.1, -0.05) is 137 Å². The number of hydrogen-bond acceptors (Lipinski definition) is 10. The van der Waals surface area contributed by atoms with Gasteiger partial charge >= 0.3 is 12.2 Å². The second-order valence-electron chi connectivity index (χ2n) is 19.0. The molecule has 1 heterocycles. The normalized spacial score (nSPS) is 21.7. The molecule has 70 heavy (non-hydrogen) atoms. The Morgan fingerprint density at radius 2 is 1.57 bits per heavy atom. The molecule has 13 heteroatoms. The molecule has 6 unspecified atom stereocenters. The number of carbonyl (C=O) groups is 2. The quantitative estimate of drug-likeness (QED) is 0.0337. The van der Waals surface area contributed by atoms with Gasteiger partial charge in [0, 0.05) is 44.2 Å². The highest BCUT2D eigenvalue weighted by Gasteiger charge is 2.65. The van der Waals surface area contributed by atoms with Crippen molar-refractivity contribution >= 4 is 17.9 Å². The van der Waals surface area contributed by atoms with Crippen LogP contribution >= 0.6 is 0 Å². The van der Waals surface area contributed by atoms with Gasteiger partial charge in [0.1, 0.15) is 30.0 Å². The molecule has 382 valence electrons. The molecule has 1 saturated carbocycles. The second-order valence-corrected chi connectivity index (χ2v) is 19.0. The molecule has 0 saturated heterocycles. The lowest BCUT2D eigenvalue weighted by Gasteiger charge is -2.59. The number of ether oxygens (including phenoxy) is 4. The summed E-state index contributed by atoms with van der Waals surface area (Å²) < 4.78 is 40.5. The van der Waals surface area contributed by atoms with Gasteiger partial charge in [-0.2, -0.15) is 0 Å². The highest BCUT2D eigenvalue weighted by molar-refractivity contribution is 6.03. The van der Waals surface area contributed by atoms with Crippen LogP contribution in [0.2, 0.25) is 0 Å². The summed E-state index contributed by atoms with van der Waals surface area (Å²) in [5.74, 6) is -2.07. The number of oxime groups is 1. The average molecular weight is 968 g/mol. The maximum Gasteiger partial charge on any atom is 0.412 e. The number of amides is 2. The van der Waals surface area contributed by atoms with Crippen LogP contribution in [-0.2, 0) is 27.5 Å². The number of unbranched alkanes of at least 4 members (excludes halogenated alkanes) is 11. The maximum atomic E-state index is 14.5. The molecule has 2 aliphatic carbocycles. The maximum absolute atomic E-state index is 14.5. The molecule has 1 aliphatic heterocycles. The predicted octanol–water partition coefficient (Wildman–Crippen LogP) is 12.3. The molecular formula is C57H78FN3O9. The van der Waals surface area contributed by atoms with Crippen LogP contribution in [-0.4, -0.2) is 77.8 Å². The monoisotopic (exact) mass is 968 g/mol. The summed E-state index contributed by atoms with van der Waals surface area (Å²) in [7, 11) is 0. The first-order valence-corrected chi connectivity index (χ1v) is 26.1. The SMILES string of the molecule is C=CCOC12Oc3ccc(OC(=O)NCCCCCCCCCCCC)cc3C3C(CCCCO)C(CCCCO)C=C(C(=NOCc4ccccc4)CC1N(Cc1ccc(F)cc1)C(=O)OCC)C32. The zero-order valence-electron chi connectivity index (χ0n) is 41.7. The van der Waals surface area contributed by atoms with Crippen LogP contribution in [0.3, 0.4) is 0 Å². The molecular weight excluding hydrogens is 890 g/mol. The van der Waals surface area contributed by atoms with Gasteiger partial charge < -0.3 is 39.3 Å². The average Bonchev–Trinajstić information content (AvgIpc) is 3.36. The van der Waals surface area contributed by atoms with Crippen LogP contribution in [0.4, 0.5) is 14.0 Å². The Morgan fingerprint density at radius 3 is 2.26 bits per heavy atom. The van der Waals surface area contributed by atoms with Gasteiger partial charge in [-0.05, 0) is 97.9 Å². The third-order valence-electron chi connectivity index (χ3n) is 14.0. The minimum Gasteiger partial charge on any atom is -0.459 e. The van der Waals surface area contributed by atoms with Gasteiger partial charge in [0.05, 0.1) is 24.8 Å². The van der Waals surface area contributed by atoms with E-state index in [-0.39, 0.29) is 63.8 Å². The van der Waals surface area contributed by atoms with E-state index >= 15 is 0 Å². The van der Waals surface area contributed by atoms with Crippen molar-refractivity contribution in [2.24, 2.45) is 22.9 Å². The molecule has 3 aromatic carbocycles. The lowest BCUT2D eigenvalue weighted by atomic mass is 9.55. The first-order valence-electron chi connectivity index (χ1n) is 26.1. The van der Waals surface area contributed by atoms with Crippen molar-refractivity contribution in [3.05, 3.63) is 120 Å². The number of aliphatic hydroxyl groups excluding tert-OH is 2. The minimum absolute atomic E-state index is 0.00488. The van der Waals surface area contributed by atoms with E-state index in [0.29, 0.717) is 42.2 Å². The first kappa shape index (κ1) is 54.1. The van der Waals surface area contributed by atoms with Crippen LogP contribution in [0.1, 0.15) is 146 Å². The third-order valence-corrected chi connectivity index (χ3v) is 14.0. The largest absolute Gasteiger partial charge is 0.459 e. The van der Waals surface area contributed by atoms with E-state index in [1.54, 1.807) is 36.1 Å². The minimum atomic E-state index is -1.55. The Morgan fingerprint density at radius 1 is 0.871 bits per heavy atom. The molecule has 6 atom stereocenters. The molecule has 6 rings (SSSR count). The number of nitrogens with one attached hydrogen (secondary N) is 1. The fourth-order valence-electron chi connectivity index (χ4n) is 10.7. The van der Waals surface area contributed by atoms with Gasteiger partial charge in [0.2, 0.25) is 5.79 Å². The Labute approximate surface area is 415 Å². The van der Waals surface area contributed by atoms with Crippen molar-refractivity contribution in [2.45, 2.75) is 154 Å². The van der Waals surface area contributed by atoms with Crippen molar-refractivity contribution < 1.29 is 48.0 Å². The van der Waals surface area contributed by atoms with E-state index in [9.17, 15) is 24.2 Å². The molecule has 0 radical (unpaired) electrons. The summed E-state index contributed by atoms with van der Waals surface area (Å²) in [5, 5.41) is 27.9. The van der Waals surface area contributed by atoms with Gasteiger partial charge in [0.25, 0.3) is 0 Å². The van der Waals surface area contributed by atoms with Crippen LogP contribution in [0, 0.1) is 23.6 Å². The Hall–Kier alpha value is -5.24. The number of fused-ring (bicyclic) bond motifs is 2. The van der Waals surface area contributed by atoms with Crippen LogP contribution < -0.4 is 14.8 Å². The number of carbonyl (C=O) groups excluding carboxylic acids is 2. The van der Waals surface area contributed by atoms with Crippen molar-refractivity contribution in [1.29, 1.82) is 0 Å². The number of aliphatic hydroxyl groups is 2. The van der Waals surface area contributed by atoms with Crippen LogP contribution in [0.25, 0.3) is 0 Å². The van der Waals surface area contributed by atoms with Crippen LogP contribution in [0.15, 0.2) is 102 Å². The highest BCUT2D eigenvalue weighted by Crippen LogP contribution is 2.62. The predicted molar refractivity (Wildman–Crippen MR) is 271 cm³/mol. The lowest BCUT2D eigenvalue weighted by molar-refractivity contribution is -0.256. The Bertz CT molecular complexity index is 2130. The number of nitrogens with zero attached hydrogens (tertiary/aromatic N) is 2. The highest BCUT2D eigenvalue weighted by atomic mass is 19.1. The zero-order valence-corrected chi connectivity index (χ0v) is 41.7. The number of benzene rings is 3. The lowest BCUT2D eigenvalue weighted by Crippen LogP contribution is -2.70. The number of allylic oxidation sites excluding steroid dienone is 1. The molecule has 3 aromatic rings. The topological polar surface area (TPSA) is 148 Å². The summed E-state index contributed by atoms with van der Waals surface area (Å²) in [6, 6.07) is 20.4. The van der Waals surface area contributed by atoms with E-state index in [2.05, 4.69) is 24.9 Å². The van der Waals surface area contributed by atoms with Gasteiger partial charge in [-0.15, -0.1) is 6.58 Å². The standard InChI is InChI=1S/C57H78FN3O9/c1-4-7-8-9-10-11-12-13-14-20-33-59-55(64)69-46-31-32-51-49(38-46)53-47(26-19-22-35-63)44(25-18-21-34-62)37-48-50(60-68-41-43-23-16-15-17-24-43)39-52(57(70-51,54(48)53)67-36-5-2)61(56(65)66-6-3)40-42-27-29-45(58)30-28-42/h5,15-17,23-24,27-32,37-38,44,47,52-54,62-63H,2,4,6-14,18-22,25-26,33-36,39-41H2,1,3H3,(H,59,64). The molecule has 0 spiro atoms. The smallest absolute Gasteiger partial charge is 0.412 e. The van der Waals surface area contributed by atoms with E-state index < -0.39 is 35.8 Å². The molecule has 3 aliphatic rings. The molecule has 3 N–H and O–H groups in total. The number of rotatable bonds is 30. The fourth-order valence-corrected chi connectivity index (χ4v) is 10.7. The molecule has 2 amide bonds. The van der Waals surface area contributed by atoms with Crippen LogP contribution in [0.5, 0.6) is 11.5 Å². The molecule has 12 nitrogen and oxygen atoms in total. The summed E-state index contributed by atoms with van der Waals surface area (Å²) in [6.45, 7) is 9.06. The third kappa shape index (κ3) is 14.7. The number of halogens is 1. The van der Waals surface area contributed by atoms with E-state index in [1.807, 2.05) is 42.5 Å². The second kappa shape index (κ2) is 28.6. The number of hydrogen-bond donors (Lipinski definition) is 3. The summed E-state index contributed by atoms with van der Waals surface area (Å²) in [6.07, 6.45) is 19.2. The summed E-state index contributed by atoms with van der Waals surface area (Å²) >= 11 is 0. The van der Waals surface area contributed by atoms with Gasteiger partial charge in [-0.3, -0.25) is 4.90 Å². The van der Waals surface area contributed by atoms with Crippen molar-refractivity contribution in [1.82, 2.24) is 10.2 Å². The molecule has 1 fully saturated rings. The van der Waals surface area contributed by atoms with Gasteiger partial charge in [-0.25, -0.2) is 14.0 Å². The fraction of sp³-hybridized carbons (Fsp3) is 0.561. The van der Waals surface area contributed by atoms with Crippen molar-refractivity contribution in [3.63, 3.8) is 0 Å². The molecule has 0 bridgehead atoms. The first-order chi connectivity index (χ1) is 34.3. The summed E-state index contributed by atoms with van der Waals surface area (Å²) in [5.41, 5.74) is 3.91. The Kier molecular flexibility index (Phi) is 22.1. The summed E-state index contributed by atoms with van der Waals surface area (Å²) in [4.78, 5) is 35.7. The van der Waals surface area contributed by atoms with E-state index in [0.717, 1.165) is 61.6 Å². The van der Waals surface area contributed by atoms with Gasteiger partial charge in [0.15, 0.2) is 0 Å². The van der Waals surface area contributed by atoms with E-state index in [1.165, 1.54) is 57.1 Å². The zero-order chi connectivity index (χ0) is 49.6. The van der Waals surface area contributed by atoms with Crippen molar-refractivity contribution in [3.8, 4) is 11.5 Å².